The van der Waals surface area contributed by atoms with Crippen LogP contribution < -0.4 is 4.90 Å². The van der Waals surface area contributed by atoms with Crippen molar-refractivity contribution in [2.45, 2.75) is 13.5 Å². The van der Waals surface area contributed by atoms with E-state index in [1.807, 2.05) is 24.4 Å². The van der Waals surface area contributed by atoms with Crippen molar-refractivity contribution >= 4 is 16.6 Å². The van der Waals surface area contributed by atoms with Crippen LogP contribution in [0.1, 0.15) is 11.4 Å². The molecule has 0 atom stereocenters. The summed E-state index contributed by atoms with van der Waals surface area (Å²) in [6.45, 7) is 6.64. The van der Waals surface area contributed by atoms with E-state index in [1.165, 1.54) is 16.6 Å². The monoisotopic (exact) mass is 385 g/mol. The summed E-state index contributed by atoms with van der Waals surface area (Å²) in [7, 11) is 0. The molecule has 0 aliphatic carbocycles. The number of fused-ring (bicyclic) bond motifs is 1. The molecule has 0 amide bonds. The van der Waals surface area contributed by atoms with E-state index in [0.717, 1.165) is 43.1 Å². The molecule has 29 heavy (non-hydrogen) atoms. The normalized spacial score (nSPS) is 15.1. The first kappa shape index (κ1) is 17.8. The van der Waals surface area contributed by atoms with Crippen LogP contribution in [0.25, 0.3) is 22.4 Å². The molecule has 0 bridgehead atoms. The zero-order chi connectivity index (χ0) is 19.6. The fourth-order valence-corrected chi connectivity index (χ4v) is 3.83. The zero-order valence-corrected chi connectivity index (χ0v) is 16.5. The number of piperazine rings is 1. The second-order valence-corrected chi connectivity index (χ2v) is 7.49. The van der Waals surface area contributed by atoms with Gasteiger partial charge in [0.25, 0.3) is 5.89 Å². The van der Waals surface area contributed by atoms with Gasteiger partial charge in [-0.3, -0.25) is 9.88 Å². The van der Waals surface area contributed by atoms with Crippen molar-refractivity contribution in [3.8, 4) is 11.5 Å². The van der Waals surface area contributed by atoms with Gasteiger partial charge in [-0.2, -0.15) is 4.98 Å². The molecule has 0 saturated carbocycles. The first-order valence-corrected chi connectivity index (χ1v) is 9.97. The van der Waals surface area contributed by atoms with E-state index in [0.29, 0.717) is 12.4 Å². The Balaban J connectivity index is 1.24. The van der Waals surface area contributed by atoms with Gasteiger partial charge in [0.05, 0.1) is 12.1 Å². The van der Waals surface area contributed by atoms with E-state index < -0.39 is 0 Å². The molecular formula is C23H23N5O. The molecule has 0 spiro atoms. The Labute approximate surface area is 169 Å². The van der Waals surface area contributed by atoms with Crippen molar-refractivity contribution in [1.82, 2.24) is 20.0 Å². The van der Waals surface area contributed by atoms with Crippen LogP contribution in [0.15, 0.2) is 65.3 Å². The average molecular weight is 385 g/mol. The maximum atomic E-state index is 5.47. The van der Waals surface area contributed by atoms with Gasteiger partial charge in [0, 0.05) is 49.0 Å². The van der Waals surface area contributed by atoms with E-state index in [-0.39, 0.29) is 0 Å². The summed E-state index contributed by atoms with van der Waals surface area (Å²) >= 11 is 0. The first-order chi connectivity index (χ1) is 14.3. The summed E-state index contributed by atoms with van der Waals surface area (Å²) in [6, 6.07) is 18.6. The molecule has 1 fully saturated rings. The fourth-order valence-electron chi connectivity index (χ4n) is 3.83. The van der Waals surface area contributed by atoms with Gasteiger partial charge < -0.3 is 9.42 Å². The van der Waals surface area contributed by atoms with Gasteiger partial charge in [-0.05, 0) is 31.2 Å². The Bertz CT molecular complexity index is 1110. The largest absolute Gasteiger partial charge is 0.368 e. The maximum absolute atomic E-state index is 5.47. The van der Waals surface area contributed by atoms with Gasteiger partial charge in [0.1, 0.15) is 0 Å². The van der Waals surface area contributed by atoms with Gasteiger partial charge in [0.2, 0.25) is 0 Å². The number of hydrogen-bond acceptors (Lipinski definition) is 6. The van der Waals surface area contributed by atoms with Crippen LogP contribution >= 0.6 is 0 Å². The van der Waals surface area contributed by atoms with E-state index >= 15 is 0 Å². The summed E-state index contributed by atoms with van der Waals surface area (Å²) in [5, 5.41) is 5.39. The fraction of sp³-hybridized carbons (Fsp3) is 0.261. The van der Waals surface area contributed by atoms with Gasteiger partial charge in [-0.15, -0.1) is 0 Å². The van der Waals surface area contributed by atoms with Crippen molar-refractivity contribution in [3.05, 3.63) is 72.2 Å². The zero-order valence-electron chi connectivity index (χ0n) is 16.5. The molecule has 1 aliphatic rings. The number of para-hydroxylation sites is 1. The minimum Gasteiger partial charge on any atom is -0.368 e. The lowest BCUT2D eigenvalue weighted by Crippen LogP contribution is -2.46. The minimum atomic E-state index is 0.585. The number of aryl methyl sites for hydroxylation is 1. The van der Waals surface area contributed by atoms with Gasteiger partial charge in [-0.25, -0.2) is 0 Å². The number of anilines is 1. The van der Waals surface area contributed by atoms with Crippen LogP contribution in [0.3, 0.4) is 0 Å². The Hall–Kier alpha value is -3.25. The van der Waals surface area contributed by atoms with Crippen LogP contribution in [-0.2, 0) is 6.54 Å². The molecule has 6 nitrogen and oxygen atoms in total. The predicted molar refractivity (Wildman–Crippen MR) is 114 cm³/mol. The molecule has 6 heteroatoms. The highest BCUT2D eigenvalue weighted by atomic mass is 16.5. The lowest BCUT2D eigenvalue weighted by molar-refractivity contribution is 0.240. The maximum Gasteiger partial charge on any atom is 0.257 e. The molecule has 1 saturated heterocycles. The molecule has 5 rings (SSSR count). The van der Waals surface area contributed by atoms with Crippen molar-refractivity contribution < 1.29 is 4.52 Å². The van der Waals surface area contributed by atoms with E-state index in [2.05, 4.69) is 68.2 Å². The Morgan fingerprint density at radius 2 is 1.72 bits per heavy atom. The molecule has 0 unspecified atom stereocenters. The Kier molecular flexibility index (Phi) is 4.69. The van der Waals surface area contributed by atoms with Crippen molar-refractivity contribution in [1.29, 1.82) is 0 Å². The van der Waals surface area contributed by atoms with Gasteiger partial charge >= 0.3 is 0 Å². The van der Waals surface area contributed by atoms with E-state index in [1.54, 1.807) is 0 Å². The third kappa shape index (κ3) is 3.71. The van der Waals surface area contributed by atoms with Crippen molar-refractivity contribution in [2.75, 3.05) is 31.1 Å². The summed E-state index contributed by atoms with van der Waals surface area (Å²) in [6.07, 6.45) is 1.90. The first-order valence-electron chi connectivity index (χ1n) is 9.97. The number of rotatable bonds is 4. The van der Waals surface area contributed by atoms with Crippen molar-refractivity contribution in [3.63, 3.8) is 0 Å². The Morgan fingerprint density at radius 3 is 2.55 bits per heavy atom. The number of hydrogen-bond donors (Lipinski definition) is 0. The van der Waals surface area contributed by atoms with E-state index in [4.69, 9.17) is 4.52 Å². The van der Waals surface area contributed by atoms with Gasteiger partial charge in [-0.1, -0.05) is 41.1 Å². The lowest BCUT2D eigenvalue weighted by Gasteiger charge is -2.36. The number of nitrogens with zero attached hydrogens (tertiary/aromatic N) is 5. The molecule has 146 valence electrons. The summed E-state index contributed by atoms with van der Waals surface area (Å²) in [5.41, 5.74) is 4.48. The number of pyridine rings is 1. The topological polar surface area (TPSA) is 58.3 Å². The number of aromatic nitrogens is 3. The molecule has 3 heterocycles. The smallest absolute Gasteiger partial charge is 0.257 e. The second kappa shape index (κ2) is 7.64. The molecular weight excluding hydrogens is 362 g/mol. The molecule has 0 N–H and O–H groups in total. The molecule has 2 aromatic carbocycles. The minimum absolute atomic E-state index is 0.585. The highest BCUT2D eigenvalue weighted by Gasteiger charge is 2.20. The SMILES string of the molecule is Cc1ccc(-c2nc(CN3CCN(c4ccnc5ccccc45)CC3)no2)cc1. The molecule has 2 aromatic heterocycles. The lowest BCUT2D eigenvalue weighted by atomic mass is 10.1. The van der Waals surface area contributed by atoms with Crippen LogP contribution in [0.5, 0.6) is 0 Å². The quantitative estimate of drug-likeness (QED) is 0.531. The summed E-state index contributed by atoms with van der Waals surface area (Å²) in [5.74, 6) is 1.32. The number of benzene rings is 2. The highest BCUT2D eigenvalue weighted by Crippen LogP contribution is 2.26. The van der Waals surface area contributed by atoms with Crippen LogP contribution in [-0.4, -0.2) is 46.2 Å². The third-order valence-corrected chi connectivity index (χ3v) is 5.47. The van der Waals surface area contributed by atoms with Crippen molar-refractivity contribution in [2.24, 2.45) is 0 Å². The highest BCUT2D eigenvalue weighted by molar-refractivity contribution is 5.91. The molecule has 4 aromatic rings. The molecule has 1 aliphatic heterocycles. The predicted octanol–water partition coefficient (Wildman–Crippen LogP) is 3.92. The van der Waals surface area contributed by atoms with Crippen LogP contribution in [0, 0.1) is 6.92 Å². The Morgan fingerprint density at radius 1 is 0.931 bits per heavy atom. The second-order valence-electron chi connectivity index (χ2n) is 7.49. The summed E-state index contributed by atoms with van der Waals surface area (Å²) < 4.78 is 5.47. The standard InChI is InChI=1S/C23H23N5O/c1-17-6-8-18(9-7-17)23-25-22(26-29-23)16-27-12-14-28(15-13-27)21-10-11-24-20-5-3-2-4-19(20)21/h2-11H,12-16H2,1H3. The molecule has 0 radical (unpaired) electrons. The average Bonchev–Trinajstić information content (AvgIpc) is 3.23. The van der Waals surface area contributed by atoms with Crippen LogP contribution in [0.4, 0.5) is 5.69 Å². The van der Waals surface area contributed by atoms with Crippen LogP contribution in [0.2, 0.25) is 0 Å². The summed E-state index contributed by atoms with van der Waals surface area (Å²) in [4.78, 5) is 13.9. The van der Waals surface area contributed by atoms with E-state index in [9.17, 15) is 0 Å². The third-order valence-electron chi connectivity index (χ3n) is 5.47. The van der Waals surface area contributed by atoms with Gasteiger partial charge in [0.15, 0.2) is 5.82 Å².